The number of benzene rings is 1. The Bertz CT molecular complexity index is 1610. The summed E-state index contributed by atoms with van der Waals surface area (Å²) in [7, 11) is 0. The molecule has 1 aliphatic carbocycles. The minimum atomic E-state index is -0.546. The van der Waals surface area contributed by atoms with Gasteiger partial charge in [0.05, 0.1) is 16.4 Å². The average molecular weight is 590 g/mol. The molecule has 3 N–H and O–H groups in total. The van der Waals surface area contributed by atoms with Crippen molar-refractivity contribution in [2.75, 3.05) is 13.1 Å². The summed E-state index contributed by atoms with van der Waals surface area (Å²) in [6, 6.07) is 11.7. The van der Waals surface area contributed by atoms with Crippen LogP contribution in [-0.4, -0.2) is 39.6 Å². The van der Waals surface area contributed by atoms with Gasteiger partial charge in [0.1, 0.15) is 39.9 Å². The average Bonchev–Trinajstić information content (AvgIpc) is 3.58. The molecule has 3 aromatic heterocycles. The molecule has 41 heavy (non-hydrogen) atoms. The Morgan fingerprint density at radius 2 is 2.02 bits per heavy atom. The van der Waals surface area contributed by atoms with Gasteiger partial charge in [0.15, 0.2) is 0 Å². The van der Waals surface area contributed by atoms with E-state index in [9.17, 15) is 4.79 Å². The molecule has 1 aromatic carbocycles. The van der Waals surface area contributed by atoms with Crippen LogP contribution in [0, 0.1) is 6.92 Å². The number of aromatic nitrogens is 3. The van der Waals surface area contributed by atoms with E-state index in [1.54, 1.807) is 6.33 Å². The topological polar surface area (TPSA) is 104 Å². The van der Waals surface area contributed by atoms with E-state index in [1.807, 2.05) is 48.9 Å². The zero-order chi connectivity index (χ0) is 28.5. The fraction of sp³-hybridized carbons (Fsp3) is 0.323. The lowest BCUT2D eigenvalue weighted by Gasteiger charge is -2.25. The van der Waals surface area contributed by atoms with Crippen molar-refractivity contribution in [1.29, 1.82) is 0 Å². The van der Waals surface area contributed by atoms with Crippen LogP contribution in [0.25, 0.3) is 11.1 Å². The van der Waals surface area contributed by atoms with Gasteiger partial charge in [0, 0.05) is 35.9 Å². The normalized spacial score (nSPS) is 17.7. The van der Waals surface area contributed by atoms with E-state index in [0.29, 0.717) is 21.4 Å². The van der Waals surface area contributed by atoms with Crippen molar-refractivity contribution in [3.05, 3.63) is 93.1 Å². The molecule has 0 saturated carbocycles. The predicted octanol–water partition coefficient (Wildman–Crippen LogP) is 6.01. The van der Waals surface area contributed by atoms with E-state index in [2.05, 4.69) is 34.6 Å². The summed E-state index contributed by atoms with van der Waals surface area (Å²) in [5.41, 5.74) is 10.7. The Balaban J connectivity index is 1.23. The Labute approximate surface area is 248 Å². The largest absolute Gasteiger partial charge is 0.489 e. The van der Waals surface area contributed by atoms with Crippen molar-refractivity contribution in [2.24, 2.45) is 5.73 Å². The number of carbonyl (C=O) groups excluding carboxylic acids is 1. The number of ether oxygens (including phenoxy) is 2. The van der Waals surface area contributed by atoms with Crippen LogP contribution in [0.2, 0.25) is 5.02 Å². The number of halogens is 1. The van der Waals surface area contributed by atoms with E-state index in [0.717, 1.165) is 60.0 Å². The summed E-state index contributed by atoms with van der Waals surface area (Å²) < 4.78 is 14.5. The van der Waals surface area contributed by atoms with Gasteiger partial charge in [0.25, 0.3) is 5.91 Å². The van der Waals surface area contributed by atoms with Gasteiger partial charge in [-0.05, 0) is 69.6 Å². The minimum absolute atomic E-state index is 0.125. The summed E-state index contributed by atoms with van der Waals surface area (Å²) in [5.74, 6) is 0.745. The van der Waals surface area contributed by atoms with Crippen LogP contribution in [0.15, 0.2) is 55.0 Å². The molecule has 1 fully saturated rings. The summed E-state index contributed by atoms with van der Waals surface area (Å²) in [6.07, 6.45) is 10.2. The van der Waals surface area contributed by atoms with Gasteiger partial charge >= 0.3 is 0 Å². The Hall–Kier alpha value is -3.66. The molecule has 212 valence electrons. The maximum atomic E-state index is 12.4. The molecule has 4 aromatic rings. The molecule has 4 heterocycles. The number of rotatable bonds is 8. The number of hydrogen-bond donors (Lipinski definition) is 2. The van der Waals surface area contributed by atoms with Crippen LogP contribution in [0.3, 0.4) is 0 Å². The molecular weight excluding hydrogens is 558 g/mol. The summed E-state index contributed by atoms with van der Waals surface area (Å²) in [5, 5.41) is 4.66. The molecule has 8 nitrogen and oxygen atoms in total. The fourth-order valence-electron chi connectivity index (χ4n) is 5.43. The van der Waals surface area contributed by atoms with Crippen molar-refractivity contribution in [3.63, 3.8) is 0 Å². The zero-order valence-corrected chi connectivity index (χ0v) is 24.5. The van der Waals surface area contributed by atoms with Gasteiger partial charge in [-0.25, -0.2) is 4.98 Å². The fourth-order valence-corrected chi connectivity index (χ4v) is 6.69. The van der Waals surface area contributed by atoms with Crippen molar-refractivity contribution >= 4 is 34.9 Å². The highest BCUT2D eigenvalue weighted by molar-refractivity contribution is 7.16. The lowest BCUT2D eigenvalue weighted by Crippen LogP contribution is -2.34. The second kappa shape index (κ2) is 11.7. The number of thiophene rings is 1. The van der Waals surface area contributed by atoms with E-state index >= 15 is 0 Å². The molecule has 1 saturated heterocycles. The van der Waals surface area contributed by atoms with Crippen LogP contribution in [0.1, 0.15) is 69.7 Å². The summed E-state index contributed by atoms with van der Waals surface area (Å²) in [4.78, 5) is 21.8. The first kappa shape index (κ1) is 27.5. The summed E-state index contributed by atoms with van der Waals surface area (Å²) >= 11 is 8.07. The number of nitrogens with two attached hydrogens (primary N) is 1. The predicted molar refractivity (Wildman–Crippen MR) is 161 cm³/mol. The highest BCUT2D eigenvalue weighted by Crippen LogP contribution is 2.40. The second-order valence-corrected chi connectivity index (χ2v) is 11.9. The number of piperidine rings is 1. The van der Waals surface area contributed by atoms with E-state index in [4.69, 9.17) is 31.8 Å². The highest BCUT2D eigenvalue weighted by atomic mass is 35.5. The maximum absolute atomic E-state index is 12.4. The molecule has 2 atom stereocenters. The third kappa shape index (κ3) is 5.75. The van der Waals surface area contributed by atoms with Crippen LogP contribution >= 0.6 is 22.9 Å². The van der Waals surface area contributed by atoms with Gasteiger partial charge in [0.2, 0.25) is 0 Å². The quantitative estimate of drug-likeness (QED) is 0.261. The van der Waals surface area contributed by atoms with Gasteiger partial charge in [-0.1, -0.05) is 29.8 Å². The first-order chi connectivity index (χ1) is 19.9. The van der Waals surface area contributed by atoms with Crippen molar-refractivity contribution in [2.45, 2.75) is 51.2 Å². The second-order valence-electron chi connectivity index (χ2n) is 10.5. The number of allylic oxidation sites excluding steroid dienone is 1. The molecule has 0 bridgehead atoms. The number of amides is 1. The van der Waals surface area contributed by atoms with E-state index in [1.165, 1.54) is 16.9 Å². The van der Waals surface area contributed by atoms with Crippen molar-refractivity contribution < 1.29 is 14.3 Å². The first-order valence-corrected chi connectivity index (χ1v) is 15.0. The third-order valence-corrected chi connectivity index (χ3v) is 9.13. The number of hydrogen-bond acceptors (Lipinski definition) is 7. The monoisotopic (exact) mass is 589 g/mol. The SMILES string of the molecule is Cc1cc(C2C=Cc3c(ncn3-c3cc(OC(C)c4cccc(OC5CCNCC5)c4Cl)c(C(N)=O)s3)C2)ccn1. The molecule has 2 unspecified atom stereocenters. The number of primary amides is 1. The van der Waals surface area contributed by atoms with Gasteiger partial charge in [-0.3, -0.25) is 14.3 Å². The van der Waals surface area contributed by atoms with Gasteiger partial charge < -0.3 is 20.5 Å². The Kier molecular flexibility index (Phi) is 7.84. The molecule has 0 radical (unpaired) electrons. The van der Waals surface area contributed by atoms with E-state index < -0.39 is 12.0 Å². The number of pyridine rings is 1. The van der Waals surface area contributed by atoms with E-state index in [-0.39, 0.29) is 12.0 Å². The van der Waals surface area contributed by atoms with Gasteiger partial charge in [-0.2, -0.15) is 0 Å². The maximum Gasteiger partial charge on any atom is 0.262 e. The summed E-state index contributed by atoms with van der Waals surface area (Å²) in [6.45, 7) is 5.76. The van der Waals surface area contributed by atoms with Crippen molar-refractivity contribution in [1.82, 2.24) is 19.9 Å². The minimum Gasteiger partial charge on any atom is -0.489 e. The number of imidazole rings is 1. The molecule has 10 heteroatoms. The lowest BCUT2D eigenvalue weighted by atomic mass is 9.90. The Morgan fingerprint density at radius 1 is 1.20 bits per heavy atom. The number of fused-ring (bicyclic) bond motifs is 1. The highest BCUT2D eigenvalue weighted by Gasteiger charge is 2.25. The smallest absolute Gasteiger partial charge is 0.262 e. The number of carbonyl (C=O) groups is 1. The number of aryl methyl sites for hydroxylation is 1. The molecule has 1 aliphatic heterocycles. The molecule has 1 amide bonds. The van der Waals surface area contributed by atoms with Crippen LogP contribution in [-0.2, 0) is 6.42 Å². The first-order valence-electron chi connectivity index (χ1n) is 13.8. The standard InChI is InChI=1S/C31H32ClN5O3S/c1-18-14-21(8-13-35-18)20-6-7-25-24(15-20)36-17-37(25)28-16-27(30(41-28)31(33)38)39-19(2)23-4-3-5-26(29(23)32)40-22-9-11-34-12-10-22/h3-8,13-14,16-17,19-20,22,34H,9-12,15H2,1-2H3,(H2,33,38). The van der Waals surface area contributed by atoms with Crippen LogP contribution in [0.4, 0.5) is 0 Å². The Morgan fingerprint density at radius 3 is 2.80 bits per heavy atom. The van der Waals surface area contributed by atoms with Gasteiger partial charge in [-0.15, -0.1) is 11.3 Å². The van der Waals surface area contributed by atoms with Crippen LogP contribution in [0.5, 0.6) is 11.5 Å². The number of nitrogens with zero attached hydrogens (tertiary/aromatic N) is 3. The lowest BCUT2D eigenvalue weighted by molar-refractivity contribution is 0.0998. The molecule has 0 spiro atoms. The number of nitrogens with one attached hydrogen (secondary N) is 1. The molecule has 6 rings (SSSR count). The zero-order valence-electron chi connectivity index (χ0n) is 23.0. The third-order valence-electron chi connectivity index (χ3n) is 7.59. The van der Waals surface area contributed by atoms with Crippen molar-refractivity contribution in [3.8, 4) is 16.5 Å². The molecular formula is C31H32ClN5O3S. The van der Waals surface area contributed by atoms with Crippen LogP contribution < -0.4 is 20.5 Å². The molecule has 2 aliphatic rings.